The molecule has 0 saturated heterocycles. The van der Waals surface area contributed by atoms with Crippen LogP contribution in [0, 0.1) is 0 Å². The molecule has 1 aliphatic carbocycles. The lowest BCUT2D eigenvalue weighted by Crippen LogP contribution is -2.43. The van der Waals surface area contributed by atoms with E-state index in [1.54, 1.807) is 11.8 Å². The molecule has 1 fully saturated rings. The smallest absolute Gasteiger partial charge is 0.228 e. The molecule has 0 unspecified atom stereocenters. The van der Waals surface area contributed by atoms with Crippen molar-refractivity contribution in [3.8, 4) is 0 Å². The van der Waals surface area contributed by atoms with Gasteiger partial charge in [0, 0.05) is 38.2 Å². The number of hydrogen-bond acceptors (Lipinski definition) is 2. The van der Waals surface area contributed by atoms with Crippen molar-refractivity contribution in [2.75, 3.05) is 18.0 Å². The van der Waals surface area contributed by atoms with Crippen molar-refractivity contribution >= 4 is 17.5 Å². The summed E-state index contributed by atoms with van der Waals surface area (Å²) < 4.78 is 0. The Morgan fingerprint density at radius 2 is 1.74 bits per heavy atom. The highest BCUT2D eigenvalue weighted by Gasteiger charge is 2.24. The number of hydrogen-bond donors (Lipinski definition) is 0. The van der Waals surface area contributed by atoms with Crippen LogP contribution in [0.2, 0.25) is 0 Å². The predicted molar refractivity (Wildman–Crippen MR) is 93.3 cm³/mol. The number of para-hydroxylation sites is 1. The van der Waals surface area contributed by atoms with Crippen LogP contribution in [0.1, 0.15) is 52.4 Å². The molecule has 0 radical (unpaired) electrons. The van der Waals surface area contributed by atoms with Gasteiger partial charge < -0.3 is 9.80 Å². The number of nitrogens with zero attached hydrogens (tertiary/aromatic N) is 2. The molecule has 2 amide bonds. The molecule has 1 saturated carbocycles. The van der Waals surface area contributed by atoms with E-state index in [4.69, 9.17) is 0 Å². The van der Waals surface area contributed by atoms with E-state index in [9.17, 15) is 9.59 Å². The van der Waals surface area contributed by atoms with Crippen LogP contribution < -0.4 is 4.90 Å². The van der Waals surface area contributed by atoms with Crippen molar-refractivity contribution in [3.05, 3.63) is 30.3 Å². The highest BCUT2D eigenvalue weighted by Crippen LogP contribution is 2.23. The monoisotopic (exact) mass is 316 g/mol. The Morgan fingerprint density at radius 3 is 2.30 bits per heavy atom. The zero-order chi connectivity index (χ0) is 16.7. The van der Waals surface area contributed by atoms with E-state index in [-0.39, 0.29) is 11.8 Å². The molecule has 4 heteroatoms. The van der Waals surface area contributed by atoms with Crippen LogP contribution >= 0.6 is 0 Å². The first-order chi connectivity index (χ1) is 11.1. The van der Waals surface area contributed by atoms with Gasteiger partial charge in [0.05, 0.1) is 0 Å². The van der Waals surface area contributed by atoms with Crippen molar-refractivity contribution in [1.29, 1.82) is 0 Å². The standard InChI is InChI=1S/C19H28N2O2/c1-3-20(17-10-6-4-7-11-17)19(23)14-15-21(16(2)22)18-12-8-5-9-13-18/h4,6-7,10-11,18H,3,5,8-9,12-15H2,1-2H3. The largest absolute Gasteiger partial charge is 0.339 e. The Hall–Kier alpha value is -1.84. The summed E-state index contributed by atoms with van der Waals surface area (Å²) in [7, 11) is 0. The lowest BCUT2D eigenvalue weighted by Gasteiger charge is -2.34. The van der Waals surface area contributed by atoms with Gasteiger partial charge in [0.25, 0.3) is 0 Å². The molecule has 0 heterocycles. The van der Waals surface area contributed by atoms with Crippen LogP contribution in [0.5, 0.6) is 0 Å². The summed E-state index contributed by atoms with van der Waals surface area (Å²) in [6.07, 6.45) is 6.17. The van der Waals surface area contributed by atoms with Gasteiger partial charge in [-0.15, -0.1) is 0 Å². The Balaban J connectivity index is 1.96. The first-order valence-electron chi connectivity index (χ1n) is 8.76. The molecule has 0 aliphatic heterocycles. The number of carbonyl (C=O) groups is 2. The van der Waals surface area contributed by atoms with Crippen LogP contribution in [0.4, 0.5) is 5.69 Å². The lowest BCUT2D eigenvalue weighted by atomic mass is 9.94. The summed E-state index contributed by atoms with van der Waals surface area (Å²) in [5.41, 5.74) is 0.923. The van der Waals surface area contributed by atoms with Gasteiger partial charge in [0.15, 0.2) is 0 Å². The zero-order valence-electron chi connectivity index (χ0n) is 14.3. The lowest BCUT2D eigenvalue weighted by molar-refractivity contribution is -0.132. The quantitative estimate of drug-likeness (QED) is 0.804. The highest BCUT2D eigenvalue weighted by molar-refractivity contribution is 5.93. The van der Waals surface area contributed by atoms with E-state index in [0.717, 1.165) is 18.5 Å². The van der Waals surface area contributed by atoms with Gasteiger partial charge in [0.1, 0.15) is 0 Å². The number of benzene rings is 1. The molecule has 0 spiro atoms. The fourth-order valence-electron chi connectivity index (χ4n) is 3.45. The summed E-state index contributed by atoms with van der Waals surface area (Å²) in [6, 6.07) is 10.0. The molecule has 0 bridgehead atoms. The van der Waals surface area contributed by atoms with E-state index in [1.807, 2.05) is 42.2 Å². The molecule has 1 aromatic rings. The molecule has 0 atom stereocenters. The fourth-order valence-corrected chi connectivity index (χ4v) is 3.45. The molecule has 23 heavy (non-hydrogen) atoms. The summed E-state index contributed by atoms with van der Waals surface area (Å²) in [4.78, 5) is 28.2. The molecular weight excluding hydrogens is 288 g/mol. The van der Waals surface area contributed by atoms with E-state index in [1.165, 1.54) is 19.3 Å². The van der Waals surface area contributed by atoms with Gasteiger partial charge in [-0.1, -0.05) is 37.5 Å². The molecule has 4 nitrogen and oxygen atoms in total. The minimum absolute atomic E-state index is 0.0840. The van der Waals surface area contributed by atoms with Gasteiger partial charge in [-0.05, 0) is 31.9 Å². The van der Waals surface area contributed by atoms with E-state index in [0.29, 0.717) is 25.6 Å². The predicted octanol–water partition coefficient (Wildman–Crippen LogP) is 3.61. The zero-order valence-corrected chi connectivity index (χ0v) is 14.3. The van der Waals surface area contributed by atoms with Gasteiger partial charge in [-0.2, -0.15) is 0 Å². The van der Waals surface area contributed by atoms with Crippen molar-refractivity contribution in [2.45, 2.75) is 58.4 Å². The maximum atomic E-state index is 12.6. The third kappa shape index (κ3) is 4.81. The molecule has 2 rings (SSSR count). The molecule has 0 aromatic heterocycles. The number of carbonyl (C=O) groups excluding carboxylic acids is 2. The van der Waals surface area contributed by atoms with Crippen molar-refractivity contribution in [1.82, 2.24) is 4.90 Å². The molecular formula is C19H28N2O2. The van der Waals surface area contributed by atoms with Gasteiger partial charge in [-0.3, -0.25) is 9.59 Å². The normalized spacial score (nSPS) is 15.2. The first-order valence-corrected chi connectivity index (χ1v) is 8.76. The van der Waals surface area contributed by atoms with Crippen LogP contribution in [-0.4, -0.2) is 35.8 Å². The Kier molecular flexibility index (Phi) is 6.63. The van der Waals surface area contributed by atoms with Crippen molar-refractivity contribution < 1.29 is 9.59 Å². The number of amides is 2. The maximum absolute atomic E-state index is 12.6. The van der Waals surface area contributed by atoms with Crippen LogP contribution in [0.25, 0.3) is 0 Å². The second-order valence-corrected chi connectivity index (χ2v) is 6.23. The van der Waals surface area contributed by atoms with Crippen LogP contribution in [0.15, 0.2) is 30.3 Å². The fraction of sp³-hybridized carbons (Fsp3) is 0.579. The van der Waals surface area contributed by atoms with E-state index in [2.05, 4.69) is 0 Å². The highest BCUT2D eigenvalue weighted by atomic mass is 16.2. The second-order valence-electron chi connectivity index (χ2n) is 6.23. The molecule has 126 valence electrons. The van der Waals surface area contributed by atoms with Gasteiger partial charge in [-0.25, -0.2) is 0 Å². The second kappa shape index (κ2) is 8.70. The summed E-state index contributed by atoms with van der Waals surface area (Å²) in [6.45, 7) is 4.77. The number of anilines is 1. The SMILES string of the molecule is CCN(C(=O)CCN(C(C)=O)C1CCCCC1)c1ccccc1. The Bertz CT molecular complexity index is 509. The average molecular weight is 316 g/mol. The van der Waals surface area contributed by atoms with Crippen molar-refractivity contribution in [3.63, 3.8) is 0 Å². The number of rotatable bonds is 6. The Labute approximate surface area is 139 Å². The van der Waals surface area contributed by atoms with Gasteiger partial charge in [0.2, 0.25) is 11.8 Å². The van der Waals surface area contributed by atoms with E-state index < -0.39 is 0 Å². The van der Waals surface area contributed by atoms with E-state index >= 15 is 0 Å². The average Bonchev–Trinajstić information content (AvgIpc) is 2.57. The maximum Gasteiger partial charge on any atom is 0.228 e. The minimum atomic E-state index is 0.0840. The third-order valence-corrected chi connectivity index (χ3v) is 4.67. The molecule has 1 aliphatic rings. The third-order valence-electron chi connectivity index (χ3n) is 4.67. The molecule has 1 aromatic carbocycles. The van der Waals surface area contributed by atoms with Gasteiger partial charge >= 0.3 is 0 Å². The molecule has 0 N–H and O–H groups in total. The van der Waals surface area contributed by atoms with Crippen LogP contribution in [0.3, 0.4) is 0 Å². The topological polar surface area (TPSA) is 40.6 Å². The Morgan fingerprint density at radius 1 is 1.09 bits per heavy atom. The first kappa shape index (κ1) is 17.5. The summed E-state index contributed by atoms with van der Waals surface area (Å²) >= 11 is 0. The summed E-state index contributed by atoms with van der Waals surface area (Å²) in [5, 5.41) is 0. The summed E-state index contributed by atoms with van der Waals surface area (Å²) in [5.74, 6) is 0.174. The minimum Gasteiger partial charge on any atom is -0.339 e. The van der Waals surface area contributed by atoms with Crippen molar-refractivity contribution in [2.24, 2.45) is 0 Å². The van der Waals surface area contributed by atoms with Crippen LogP contribution in [-0.2, 0) is 9.59 Å².